The van der Waals surface area contributed by atoms with E-state index in [-0.39, 0.29) is 11.9 Å². The van der Waals surface area contributed by atoms with Gasteiger partial charge in [0.1, 0.15) is 0 Å². The van der Waals surface area contributed by atoms with Crippen molar-refractivity contribution < 1.29 is 4.79 Å². The first-order chi connectivity index (χ1) is 12.4. The highest BCUT2D eigenvalue weighted by atomic mass is 35.5. The van der Waals surface area contributed by atoms with E-state index in [1.165, 1.54) is 4.90 Å². The Kier molecular flexibility index (Phi) is 8.98. The van der Waals surface area contributed by atoms with Crippen LogP contribution in [0.25, 0.3) is 0 Å². The Morgan fingerprint density at radius 1 is 1.23 bits per heavy atom. The number of piperazine rings is 1. The highest BCUT2D eigenvalue weighted by Gasteiger charge is 2.20. The van der Waals surface area contributed by atoms with Gasteiger partial charge >= 0.3 is 0 Å². The van der Waals surface area contributed by atoms with Gasteiger partial charge in [-0.15, -0.1) is 11.8 Å². The summed E-state index contributed by atoms with van der Waals surface area (Å²) in [4.78, 5) is 17.4. The maximum absolute atomic E-state index is 11.8. The molecule has 1 aliphatic heterocycles. The minimum Gasteiger partial charge on any atom is -0.362 e. The molecule has 1 heterocycles. The molecule has 0 aromatic heterocycles. The number of nitrogens with one attached hydrogen (secondary N) is 2. The Morgan fingerprint density at radius 2 is 1.88 bits per heavy atom. The summed E-state index contributed by atoms with van der Waals surface area (Å²) in [6.45, 7) is 8.65. The number of thioether (sulfide) groups is 1. The molecule has 0 spiro atoms. The summed E-state index contributed by atoms with van der Waals surface area (Å²) >= 11 is 13.2. The van der Waals surface area contributed by atoms with Gasteiger partial charge in [0, 0.05) is 54.4 Å². The van der Waals surface area contributed by atoms with Gasteiger partial charge in [0.15, 0.2) is 5.11 Å². The summed E-state index contributed by atoms with van der Waals surface area (Å²) in [6, 6.07) is 8.05. The number of carbonyl (C=O) groups excluding carboxylic acids is 1. The first-order valence-corrected chi connectivity index (χ1v) is 10.6. The fourth-order valence-electron chi connectivity index (χ4n) is 2.65. The topological polar surface area (TPSA) is 47.6 Å². The molecule has 26 heavy (non-hydrogen) atoms. The Hall–Kier alpha value is -1.02. The van der Waals surface area contributed by atoms with Gasteiger partial charge in [0.25, 0.3) is 0 Å². The maximum atomic E-state index is 11.8. The van der Waals surface area contributed by atoms with Crippen LogP contribution in [-0.4, -0.2) is 71.9 Å². The van der Waals surface area contributed by atoms with Crippen molar-refractivity contribution in [2.45, 2.75) is 24.8 Å². The highest BCUT2D eigenvalue weighted by Crippen LogP contribution is 2.19. The zero-order valence-electron chi connectivity index (χ0n) is 15.3. The summed E-state index contributed by atoms with van der Waals surface area (Å²) in [6.07, 6.45) is 0. The summed E-state index contributed by atoms with van der Waals surface area (Å²) in [5.74, 6) is 1.03. The third-order valence-electron chi connectivity index (χ3n) is 3.94. The monoisotopic (exact) mass is 414 g/mol. The van der Waals surface area contributed by atoms with Crippen molar-refractivity contribution in [3.05, 3.63) is 29.3 Å². The number of hydrogen-bond acceptors (Lipinski definition) is 4. The number of halogens is 1. The second kappa shape index (κ2) is 11.0. The van der Waals surface area contributed by atoms with Crippen LogP contribution in [0.5, 0.6) is 0 Å². The van der Waals surface area contributed by atoms with E-state index in [0.717, 1.165) is 48.6 Å². The van der Waals surface area contributed by atoms with Crippen molar-refractivity contribution in [1.82, 2.24) is 20.4 Å². The molecule has 5 nitrogen and oxygen atoms in total. The van der Waals surface area contributed by atoms with Crippen LogP contribution >= 0.6 is 35.6 Å². The van der Waals surface area contributed by atoms with E-state index in [4.69, 9.17) is 23.8 Å². The average molecular weight is 415 g/mol. The van der Waals surface area contributed by atoms with Gasteiger partial charge in [0.05, 0.1) is 6.54 Å². The van der Waals surface area contributed by atoms with Gasteiger partial charge in [-0.05, 0) is 50.3 Å². The zero-order valence-corrected chi connectivity index (χ0v) is 17.7. The van der Waals surface area contributed by atoms with Crippen LogP contribution in [0.3, 0.4) is 0 Å². The number of benzene rings is 1. The molecule has 1 fully saturated rings. The van der Waals surface area contributed by atoms with Gasteiger partial charge in [0.2, 0.25) is 5.91 Å². The smallest absolute Gasteiger partial charge is 0.234 e. The van der Waals surface area contributed by atoms with E-state index in [9.17, 15) is 4.79 Å². The molecule has 0 unspecified atom stereocenters. The Bertz CT molecular complexity index is 589. The number of thiocarbonyl (C=S) groups is 1. The Labute approximate surface area is 170 Å². The van der Waals surface area contributed by atoms with Crippen molar-refractivity contribution in [3.8, 4) is 0 Å². The van der Waals surface area contributed by atoms with Crippen LogP contribution < -0.4 is 10.6 Å². The van der Waals surface area contributed by atoms with Gasteiger partial charge < -0.3 is 15.5 Å². The third kappa shape index (κ3) is 7.70. The summed E-state index contributed by atoms with van der Waals surface area (Å²) in [5, 5.41) is 7.82. The molecule has 1 aromatic rings. The SMILES string of the molecule is CC(C)NC(=O)CN1CCN(C(=S)NCCSc2ccc(Cl)cc2)CC1. The van der Waals surface area contributed by atoms with Crippen molar-refractivity contribution >= 4 is 46.6 Å². The van der Waals surface area contributed by atoms with Crippen molar-refractivity contribution in [2.75, 3.05) is 45.0 Å². The highest BCUT2D eigenvalue weighted by molar-refractivity contribution is 7.99. The van der Waals surface area contributed by atoms with Crippen molar-refractivity contribution in [2.24, 2.45) is 0 Å². The quantitative estimate of drug-likeness (QED) is 0.406. The van der Waals surface area contributed by atoms with E-state index in [1.807, 2.05) is 38.1 Å². The number of rotatable bonds is 7. The lowest BCUT2D eigenvalue weighted by Gasteiger charge is -2.36. The van der Waals surface area contributed by atoms with Crippen LogP contribution in [0.2, 0.25) is 5.02 Å². The second-order valence-electron chi connectivity index (χ2n) is 6.52. The lowest BCUT2D eigenvalue weighted by Crippen LogP contribution is -2.53. The minimum atomic E-state index is 0.0911. The van der Waals surface area contributed by atoms with Crippen LogP contribution in [0, 0.1) is 0 Å². The minimum absolute atomic E-state index is 0.0911. The van der Waals surface area contributed by atoms with E-state index >= 15 is 0 Å². The van der Waals surface area contributed by atoms with Crippen LogP contribution in [0.15, 0.2) is 29.2 Å². The molecular formula is C18H27ClN4OS2. The molecule has 1 aromatic carbocycles. The maximum Gasteiger partial charge on any atom is 0.234 e. The molecule has 8 heteroatoms. The molecular weight excluding hydrogens is 388 g/mol. The van der Waals surface area contributed by atoms with Gasteiger partial charge in [-0.2, -0.15) is 0 Å². The van der Waals surface area contributed by atoms with E-state index < -0.39 is 0 Å². The second-order valence-corrected chi connectivity index (χ2v) is 8.51. The number of hydrogen-bond donors (Lipinski definition) is 2. The average Bonchev–Trinajstić information content (AvgIpc) is 2.60. The molecule has 0 aliphatic carbocycles. The van der Waals surface area contributed by atoms with E-state index in [0.29, 0.717) is 6.54 Å². The number of amides is 1. The van der Waals surface area contributed by atoms with E-state index in [2.05, 4.69) is 20.4 Å². The number of carbonyl (C=O) groups is 1. The standard InChI is InChI=1S/C18H27ClN4OS2/c1-14(2)21-17(24)13-22-8-10-23(11-9-22)18(25)20-7-12-26-16-5-3-15(19)4-6-16/h3-6,14H,7-13H2,1-2H3,(H,20,25)(H,21,24). The molecule has 0 saturated carbocycles. The Morgan fingerprint density at radius 3 is 2.50 bits per heavy atom. The summed E-state index contributed by atoms with van der Waals surface area (Å²) in [7, 11) is 0. The molecule has 0 radical (unpaired) electrons. The lowest BCUT2D eigenvalue weighted by molar-refractivity contribution is -0.123. The normalized spacial score (nSPS) is 15.2. The molecule has 0 bridgehead atoms. The molecule has 1 aliphatic rings. The first kappa shape index (κ1) is 21.3. The first-order valence-electron chi connectivity index (χ1n) is 8.87. The lowest BCUT2D eigenvalue weighted by atomic mass is 10.3. The largest absolute Gasteiger partial charge is 0.362 e. The zero-order chi connectivity index (χ0) is 18.9. The van der Waals surface area contributed by atoms with Crippen molar-refractivity contribution in [3.63, 3.8) is 0 Å². The van der Waals surface area contributed by atoms with Gasteiger partial charge in [-0.1, -0.05) is 11.6 Å². The molecule has 0 atom stereocenters. The fraction of sp³-hybridized carbons (Fsp3) is 0.556. The Balaban J connectivity index is 1.60. The molecule has 144 valence electrons. The molecule has 2 N–H and O–H groups in total. The third-order valence-corrected chi connectivity index (χ3v) is 5.61. The van der Waals surface area contributed by atoms with Crippen LogP contribution in [0.1, 0.15) is 13.8 Å². The van der Waals surface area contributed by atoms with Crippen molar-refractivity contribution in [1.29, 1.82) is 0 Å². The molecule has 1 saturated heterocycles. The van der Waals surface area contributed by atoms with Gasteiger partial charge in [-0.25, -0.2) is 0 Å². The fourth-order valence-corrected chi connectivity index (χ4v) is 3.83. The predicted octanol–water partition coefficient (Wildman–Crippen LogP) is 2.45. The molecule has 2 rings (SSSR count). The number of nitrogens with zero attached hydrogens (tertiary/aromatic N) is 2. The van der Waals surface area contributed by atoms with Crippen LogP contribution in [-0.2, 0) is 4.79 Å². The molecule has 1 amide bonds. The van der Waals surface area contributed by atoms with E-state index in [1.54, 1.807) is 11.8 Å². The van der Waals surface area contributed by atoms with Crippen LogP contribution in [0.4, 0.5) is 0 Å². The van der Waals surface area contributed by atoms with Gasteiger partial charge in [-0.3, -0.25) is 9.69 Å². The summed E-state index contributed by atoms with van der Waals surface area (Å²) in [5.41, 5.74) is 0. The summed E-state index contributed by atoms with van der Waals surface area (Å²) < 4.78 is 0. The predicted molar refractivity (Wildman–Crippen MR) is 114 cm³/mol.